The van der Waals surface area contributed by atoms with Gasteiger partial charge in [0.1, 0.15) is 11.1 Å². The number of thiazole rings is 1. The van der Waals surface area contributed by atoms with Gasteiger partial charge in [-0.25, -0.2) is 13.8 Å². The summed E-state index contributed by atoms with van der Waals surface area (Å²) in [5, 5.41) is 5.52. The normalized spacial score (nSPS) is 18.4. The van der Waals surface area contributed by atoms with Crippen molar-refractivity contribution in [2.45, 2.75) is 25.6 Å². The first-order chi connectivity index (χ1) is 12.1. The number of halogens is 2. The van der Waals surface area contributed by atoms with Gasteiger partial charge in [-0.3, -0.25) is 9.69 Å². The SMILES string of the molecule is O=C(NCc1nc(CN2CCOC(C(F)F)C2)cs1)c1ccccc1. The third-order valence-electron chi connectivity index (χ3n) is 3.88. The number of hydrogen-bond donors (Lipinski definition) is 1. The number of alkyl halides is 2. The highest BCUT2D eigenvalue weighted by atomic mass is 32.1. The molecule has 3 rings (SSSR count). The second-order valence-corrected chi connectivity index (χ2v) is 6.70. The zero-order valence-corrected chi connectivity index (χ0v) is 14.3. The Hall–Kier alpha value is -1.90. The predicted octanol–water partition coefficient (Wildman–Crippen LogP) is 2.54. The Balaban J connectivity index is 1.50. The zero-order valence-electron chi connectivity index (χ0n) is 13.5. The quantitative estimate of drug-likeness (QED) is 0.853. The smallest absolute Gasteiger partial charge is 0.265 e. The molecular formula is C17H19F2N3O2S. The number of nitrogens with one attached hydrogen (secondary N) is 1. The molecule has 0 spiro atoms. The van der Waals surface area contributed by atoms with Gasteiger partial charge in [-0.2, -0.15) is 0 Å². The zero-order chi connectivity index (χ0) is 17.6. The molecule has 1 aromatic heterocycles. The molecule has 0 radical (unpaired) electrons. The van der Waals surface area contributed by atoms with Gasteiger partial charge in [-0.15, -0.1) is 11.3 Å². The number of carbonyl (C=O) groups excluding carboxylic acids is 1. The molecule has 0 aliphatic carbocycles. The fourth-order valence-corrected chi connectivity index (χ4v) is 3.33. The first kappa shape index (κ1) is 17.9. The van der Waals surface area contributed by atoms with Crippen LogP contribution in [0.1, 0.15) is 21.1 Å². The molecular weight excluding hydrogens is 348 g/mol. The Morgan fingerprint density at radius 1 is 1.40 bits per heavy atom. The topological polar surface area (TPSA) is 54.5 Å². The van der Waals surface area contributed by atoms with E-state index in [1.165, 1.54) is 11.3 Å². The summed E-state index contributed by atoms with van der Waals surface area (Å²) in [6.45, 7) is 1.98. The van der Waals surface area contributed by atoms with Crippen molar-refractivity contribution in [1.29, 1.82) is 0 Å². The maximum atomic E-state index is 12.7. The molecule has 0 saturated carbocycles. The van der Waals surface area contributed by atoms with Crippen molar-refractivity contribution in [3.05, 3.63) is 52.0 Å². The molecule has 2 heterocycles. The van der Waals surface area contributed by atoms with Gasteiger partial charge in [0.15, 0.2) is 0 Å². The third kappa shape index (κ3) is 5.04. The first-order valence-corrected chi connectivity index (χ1v) is 8.88. The molecule has 1 N–H and O–H groups in total. The van der Waals surface area contributed by atoms with Crippen LogP contribution in [0.15, 0.2) is 35.7 Å². The summed E-state index contributed by atoms with van der Waals surface area (Å²) in [7, 11) is 0. The minimum atomic E-state index is -2.47. The number of benzene rings is 1. The number of carbonyl (C=O) groups is 1. The van der Waals surface area contributed by atoms with E-state index in [-0.39, 0.29) is 12.5 Å². The lowest BCUT2D eigenvalue weighted by molar-refractivity contribution is -0.104. The van der Waals surface area contributed by atoms with E-state index in [0.717, 1.165) is 10.7 Å². The van der Waals surface area contributed by atoms with Gasteiger partial charge < -0.3 is 10.1 Å². The minimum Gasteiger partial charge on any atom is -0.370 e. The Labute approximate surface area is 148 Å². The van der Waals surface area contributed by atoms with E-state index in [1.54, 1.807) is 12.1 Å². The summed E-state index contributed by atoms with van der Waals surface area (Å²) in [5.74, 6) is -0.148. The van der Waals surface area contributed by atoms with E-state index < -0.39 is 12.5 Å². The second-order valence-electron chi connectivity index (χ2n) is 5.76. The molecule has 1 unspecified atom stereocenters. The van der Waals surface area contributed by atoms with Crippen molar-refractivity contribution in [3.63, 3.8) is 0 Å². The lowest BCUT2D eigenvalue weighted by Crippen LogP contribution is -2.45. The van der Waals surface area contributed by atoms with E-state index in [1.807, 2.05) is 28.5 Å². The average molecular weight is 367 g/mol. The maximum Gasteiger partial charge on any atom is 0.265 e. The number of aromatic nitrogens is 1. The molecule has 1 atom stereocenters. The maximum absolute atomic E-state index is 12.7. The molecule has 8 heteroatoms. The standard InChI is InChI=1S/C17H19F2N3O2S/c18-16(19)14-10-22(6-7-24-14)9-13-11-25-15(21-13)8-20-17(23)12-4-2-1-3-5-12/h1-5,11,14,16H,6-10H2,(H,20,23). The van der Waals surface area contributed by atoms with Gasteiger partial charge in [0.2, 0.25) is 0 Å². The van der Waals surface area contributed by atoms with Crippen LogP contribution in [-0.2, 0) is 17.8 Å². The Morgan fingerprint density at radius 2 is 2.20 bits per heavy atom. The highest BCUT2D eigenvalue weighted by molar-refractivity contribution is 7.09. The molecule has 134 valence electrons. The highest BCUT2D eigenvalue weighted by Crippen LogP contribution is 2.17. The van der Waals surface area contributed by atoms with Crippen LogP contribution in [0.4, 0.5) is 8.78 Å². The highest BCUT2D eigenvalue weighted by Gasteiger charge is 2.28. The summed E-state index contributed by atoms with van der Waals surface area (Å²) in [6, 6.07) is 8.98. The molecule has 1 fully saturated rings. The molecule has 1 amide bonds. The van der Waals surface area contributed by atoms with Gasteiger partial charge in [-0.1, -0.05) is 18.2 Å². The van der Waals surface area contributed by atoms with Crippen LogP contribution < -0.4 is 5.32 Å². The van der Waals surface area contributed by atoms with E-state index in [0.29, 0.717) is 31.8 Å². The van der Waals surface area contributed by atoms with Gasteiger partial charge >= 0.3 is 0 Å². The first-order valence-electron chi connectivity index (χ1n) is 8.00. The van der Waals surface area contributed by atoms with Gasteiger partial charge in [0.25, 0.3) is 12.3 Å². The van der Waals surface area contributed by atoms with Crippen LogP contribution in [0.5, 0.6) is 0 Å². The van der Waals surface area contributed by atoms with Gasteiger partial charge in [0, 0.05) is 30.6 Å². The largest absolute Gasteiger partial charge is 0.370 e. The monoisotopic (exact) mass is 367 g/mol. The Morgan fingerprint density at radius 3 is 2.96 bits per heavy atom. The van der Waals surface area contributed by atoms with Crippen molar-refractivity contribution in [2.75, 3.05) is 19.7 Å². The molecule has 2 aromatic rings. The van der Waals surface area contributed by atoms with Crippen LogP contribution >= 0.6 is 11.3 Å². The predicted molar refractivity (Wildman–Crippen MR) is 90.7 cm³/mol. The van der Waals surface area contributed by atoms with Crippen molar-refractivity contribution >= 4 is 17.2 Å². The number of ether oxygens (including phenoxy) is 1. The summed E-state index contributed by atoms with van der Waals surface area (Å²) in [5.41, 5.74) is 1.43. The fourth-order valence-electron chi connectivity index (χ4n) is 2.61. The Kier molecular flexibility index (Phi) is 6.06. The number of nitrogens with zero attached hydrogens (tertiary/aromatic N) is 2. The van der Waals surface area contributed by atoms with Crippen molar-refractivity contribution in [1.82, 2.24) is 15.2 Å². The van der Waals surface area contributed by atoms with Crippen molar-refractivity contribution in [3.8, 4) is 0 Å². The lowest BCUT2D eigenvalue weighted by Gasteiger charge is -2.31. The van der Waals surface area contributed by atoms with Crippen LogP contribution in [0, 0.1) is 0 Å². The summed E-state index contributed by atoms with van der Waals surface area (Å²) < 4.78 is 30.6. The average Bonchev–Trinajstić information content (AvgIpc) is 3.08. The fraction of sp³-hybridized carbons (Fsp3) is 0.412. The second kappa shape index (κ2) is 8.46. The van der Waals surface area contributed by atoms with Crippen molar-refractivity contribution in [2.24, 2.45) is 0 Å². The van der Waals surface area contributed by atoms with Crippen molar-refractivity contribution < 1.29 is 18.3 Å². The number of amides is 1. The van der Waals surface area contributed by atoms with Crippen LogP contribution in [0.25, 0.3) is 0 Å². The van der Waals surface area contributed by atoms with E-state index in [4.69, 9.17) is 4.74 Å². The van der Waals surface area contributed by atoms with Crippen LogP contribution in [0.2, 0.25) is 0 Å². The number of hydrogen-bond acceptors (Lipinski definition) is 5. The van der Waals surface area contributed by atoms with E-state index in [2.05, 4.69) is 10.3 Å². The van der Waals surface area contributed by atoms with E-state index >= 15 is 0 Å². The molecule has 0 bridgehead atoms. The summed E-state index contributed by atoms with van der Waals surface area (Å²) >= 11 is 1.45. The molecule has 1 aliphatic heterocycles. The molecule has 25 heavy (non-hydrogen) atoms. The molecule has 1 aliphatic rings. The lowest BCUT2D eigenvalue weighted by atomic mass is 10.2. The molecule has 5 nitrogen and oxygen atoms in total. The van der Waals surface area contributed by atoms with E-state index in [9.17, 15) is 13.6 Å². The van der Waals surface area contributed by atoms with Crippen LogP contribution in [0.3, 0.4) is 0 Å². The number of rotatable bonds is 6. The van der Waals surface area contributed by atoms with Gasteiger partial charge in [-0.05, 0) is 12.1 Å². The molecule has 1 aromatic carbocycles. The summed E-state index contributed by atoms with van der Waals surface area (Å²) in [6.07, 6.45) is -3.50. The number of morpholine rings is 1. The van der Waals surface area contributed by atoms with Gasteiger partial charge in [0.05, 0.1) is 18.8 Å². The molecule has 1 saturated heterocycles. The summed E-state index contributed by atoms with van der Waals surface area (Å²) in [4.78, 5) is 18.4. The third-order valence-corrected chi connectivity index (χ3v) is 4.78. The van der Waals surface area contributed by atoms with Crippen LogP contribution in [-0.4, -0.2) is 48.0 Å². The minimum absolute atomic E-state index is 0.148. The Bertz CT molecular complexity index is 696.